The highest BCUT2D eigenvalue weighted by atomic mass is 35.5. The van der Waals surface area contributed by atoms with Gasteiger partial charge in [-0.3, -0.25) is 19.7 Å². The molecule has 0 radical (unpaired) electrons. The summed E-state index contributed by atoms with van der Waals surface area (Å²) in [7, 11) is 0. The molecule has 8 nitrogen and oxygen atoms in total. The third-order valence-corrected chi connectivity index (χ3v) is 4.43. The lowest BCUT2D eigenvalue weighted by atomic mass is 10.00. The second kappa shape index (κ2) is 10.1. The zero-order valence-corrected chi connectivity index (χ0v) is 15.6. The van der Waals surface area contributed by atoms with E-state index >= 15 is 0 Å². The number of nitrogens with zero attached hydrogens (tertiary/aromatic N) is 2. The maximum atomic E-state index is 12.8. The molecule has 0 aliphatic carbocycles. The zero-order valence-electron chi connectivity index (χ0n) is 14.8. The first-order valence-electron chi connectivity index (χ1n) is 8.46. The van der Waals surface area contributed by atoms with E-state index in [1.165, 1.54) is 12.1 Å². The SMILES string of the molecule is Cc1cc(C(=O)N2CCCCC2CNC(=O)CCN)ccc1[N+](=O)[O-].Cl. The van der Waals surface area contributed by atoms with Gasteiger partial charge in [0, 0.05) is 49.3 Å². The Morgan fingerprint density at radius 2 is 2.12 bits per heavy atom. The number of amides is 2. The topological polar surface area (TPSA) is 119 Å². The number of halogens is 1. The number of carbonyl (C=O) groups excluding carboxylic acids is 2. The number of hydrogen-bond acceptors (Lipinski definition) is 5. The predicted molar refractivity (Wildman–Crippen MR) is 100 cm³/mol. The molecule has 1 aromatic rings. The molecule has 144 valence electrons. The monoisotopic (exact) mass is 384 g/mol. The van der Waals surface area contributed by atoms with Crippen LogP contribution in [0, 0.1) is 17.0 Å². The maximum absolute atomic E-state index is 12.8. The second-order valence-electron chi connectivity index (χ2n) is 6.25. The molecular formula is C17H25ClN4O4. The number of aryl methyl sites for hydroxylation is 1. The van der Waals surface area contributed by atoms with Crippen molar-refractivity contribution in [3.63, 3.8) is 0 Å². The molecule has 1 aromatic carbocycles. The van der Waals surface area contributed by atoms with Gasteiger partial charge in [0.2, 0.25) is 5.91 Å². The largest absolute Gasteiger partial charge is 0.354 e. The smallest absolute Gasteiger partial charge is 0.272 e. The molecule has 1 saturated heterocycles. The Bertz CT molecular complexity index is 668. The van der Waals surface area contributed by atoms with Crippen molar-refractivity contribution < 1.29 is 14.5 Å². The van der Waals surface area contributed by atoms with Crippen molar-refractivity contribution >= 4 is 29.9 Å². The number of rotatable bonds is 6. The number of nitro groups is 1. The number of likely N-dealkylation sites (tertiary alicyclic amines) is 1. The van der Waals surface area contributed by atoms with Gasteiger partial charge in [-0.2, -0.15) is 0 Å². The number of nitrogens with one attached hydrogen (secondary N) is 1. The standard InChI is InChI=1S/C17H24N4O4.ClH/c1-12-10-13(5-6-15(12)21(24)25)17(23)20-9-3-2-4-14(20)11-19-16(22)7-8-18;/h5-6,10,14H,2-4,7-9,11,18H2,1H3,(H,19,22);1H. The van der Waals surface area contributed by atoms with E-state index in [-0.39, 0.29) is 42.4 Å². The summed E-state index contributed by atoms with van der Waals surface area (Å²) in [5, 5.41) is 13.7. The molecule has 26 heavy (non-hydrogen) atoms. The van der Waals surface area contributed by atoms with Gasteiger partial charge in [0.15, 0.2) is 0 Å². The van der Waals surface area contributed by atoms with Gasteiger partial charge in [0.1, 0.15) is 0 Å². The molecule has 0 spiro atoms. The van der Waals surface area contributed by atoms with E-state index < -0.39 is 4.92 Å². The molecule has 1 atom stereocenters. The van der Waals surface area contributed by atoms with Crippen LogP contribution >= 0.6 is 12.4 Å². The van der Waals surface area contributed by atoms with Crippen LogP contribution in [0.5, 0.6) is 0 Å². The first-order chi connectivity index (χ1) is 11.9. The number of piperidine rings is 1. The van der Waals surface area contributed by atoms with Gasteiger partial charge in [-0.15, -0.1) is 12.4 Å². The average molecular weight is 385 g/mol. The van der Waals surface area contributed by atoms with Gasteiger partial charge in [-0.25, -0.2) is 0 Å². The minimum atomic E-state index is -0.458. The minimum Gasteiger partial charge on any atom is -0.354 e. The van der Waals surface area contributed by atoms with Crippen LogP contribution in [0.4, 0.5) is 5.69 Å². The lowest BCUT2D eigenvalue weighted by Gasteiger charge is -2.36. The van der Waals surface area contributed by atoms with Crippen molar-refractivity contribution in [3.05, 3.63) is 39.4 Å². The lowest BCUT2D eigenvalue weighted by molar-refractivity contribution is -0.385. The number of hydrogen-bond donors (Lipinski definition) is 2. The molecule has 1 aliphatic rings. The highest BCUT2D eigenvalue weighted by Crippen LogP contribution is 2.23. The summed E-state index contributed by atoms with van der Waals surface area (Å²) in [5.74, 6) is -0.276. The Labute approximate surface area is 158 Å². The molecule has 9 heteroatoms. The molecule has 2 amide bonds. The molecular weight excluding hydrogens is 360 g/mol. The first kappa shape index (κ1) is 21.9. The normalized spacial score (nSPS) is 16.5. The quantitative estimate of drug-likeness (QED) is 0.572. The van der Waals surface area contributed by atoms with E-state index in [9.17, 15) is 19.7 Å². The molecule has 1 fully saturated rings. The van der Waals surface area contributed by atoms with E-state index in [1.807, 2.05) is 0 Å². The highest BCUT2D eigenvalue weighted by Gasteiger charge is 2.28. The van der Waals surface area contributed by atoms with Gasteiger partial charge in [0.25, 0.3) is 11.6 Å². The molecule has 3 N–H and O–H groups in total. The van der Waals surface area contributed by atoms with Crippen molar-refractivity contribution in [1.82, 2.24) is 10.2 Å². The van der Waals surface area contributed by atoms with Crippen LogP contribution in [-0.4, -0.2) is 47.3 Å². The van der Waals surface area contributed by atoms with Crippen molar-refractivity contribution in [3.8, 4) is 0 Å². The Balaban J connectivity index is 0.00000338. The van der Waals surface area contributed by atoms with Crippen molar-refractivity contribution in [2.24, 2.45) is 5.73 Å². The predicted octanol–water partition coefficient (Wildman–Crippen LogP) is 1.78. The van der Waals surface area contributed by atoms with E-state index in [0.717, 1.165) is 19.3 Å². The van der Waals surface area contributed by atoms with Crippen molar-refractivity contribution in [1.29, 1.82) is 0 Å². The van der Waals surface area contributed by atoms with Gasteiger partial charge < -0.3 is 16.0 Å². The number of carbonyl (C=O) groups is 2. The summed E-state index contributed by atoms with van der Waals surface area (Å²) in [5.41, 5.74) is 6.26. The molecule has 1 unspecified atom stereocenters. The Hall–Kier alpha value is -2.19. The fraction of sp³-hybridized carbons (Fsp3) is 0.529. The molecule has 0 saturated carbocycles. The van der Waals surface area contributed by atoms with E-state index in [0.29, 0.717) is 30.8 Å². The maximum Gasteiger partial charge on any atom is 0.272 e. The fourth-order valence-corrected chi connectivity index (χ4v) is 3.09. The third-order valence-electron chi connectivity index (χ3n) is 4.43. The van der Waals surface area contributed by atoms with Crippen LogP contribution in [-0.2, 0) is 4.79 Å². The molecule has 2 rings (SSSR count). The van der Waals surface area contributed by atoms with Crippen LogP contribution in [0.1, 0.15) is 41.6 Å². The van der Waals surface area contributed by atoms with Crippen LogP contribution in [0.2, 0.25) is 0 Å². The van der Waals surface area contributed by atoms with Gasteiger partial charge in [-0.05, 0) is 38.3 Å². The number of benzene rings is 1. The number of nitro benzene ring substituents is 1. The summed E-state index contributed by atoms with van der Waals surface area (Å²) in [4.78, 5) is 36.7. The van der Waals surface area contributed by atoms with Crippen LogP contribution in [0.15, 0.2) is 18.2 Å². The number of nitrogens with two attached hydrogens (primary N) is 1. The van der Waals surface area contributed by atoms with Gasteiger partial charge in [0.05, 0.1) is 4.92 Å². The van der Waals surface area contributed by atoms with Crippen molar-refractivity contribution in [2.75, 3.05) is 19.6 Å². The average Bonchev–Trinajstić information content (AvgIpc) is 2.59. The molecule has 1 heterocycles. The van der Waals surface area contributed by atoms with Crippen LogP contribution in [0.25, 0.3) is 0 Å². The fourth-order valence-electron chi connectivity index (χ4n) is 3.09. The zero-order chi connectivity index (χ0) is 18.4. The molecule has 0 bridgehead atoms. The van der Waals surface area contributed by atoms with E-state index in [2.05, 4.69) is 5.32 Å². The summed E-state index contributed by atoms with van der Waals surface area (Å²) in [6.07, 6.45) is 2.99. The Morgan fingerprint density at radius 3 is 2.73 bits per heavy atom. The third kappa shape index (κ3) is 5.40. The first-order valence-corrected chi connectivity index (χ1v) is 8.46. The summed E-state index contributed by atoms with van der Waals surface area (Å²) < 4.78 is 0. The summed E-state index contributed by atoms with van der Waals surface area (Å²) in [6.45, 7) is 2.93. The molecule has 1 aliphatic heterocycles. The van der Waals surface area contributed by atoms with Crippen molar-refractivity contribution in [2.45, 2.75) is 38.6 Å². The lowest BCUT2D eigenvalue weighted by Crippen LogP contribution is -2.49. The minimum absolute atomic E-state index is 0. The second-order valence-corrected chi connectivity index (χ2v) is 6.25. The van der Waals surface area contributed by atoms with E-state index in [4.69, 9.17) is 5.73 Å². The van der Waals surface area contributed by atoms with Gasteiger partial charge >= 0.3 is 0 Å². The highest BCUT2D eigenvalue weighted by molar-refractivity contribution is 5.95. The Kier molecular flexibility index (Phi) is 8.47. The summed E-state index contributed by atoms with van der Waals surface area (Å²) >= 11 is 0. The van der Waals surface area contributed by atoms with Crippen LogP contribution < -0.4 is 11.1 Å². The van der Waals surface area contributed by atoms with Crippen LogP contribution in [0.3, 0.4) is 0 Å². The van der Waals surface area contributed by atoms with E-state index in [1.54, 1.807) is 17.9 Å². The molecule has 0 aromatic heterocycles. The Morgan fingerprint density at radius 1 is 1.38 bits per heavy atom. The van der Waals surface area contributed by atoms with Gasteiger partial charge in [-0.1, -0.05) is 0 Å². The summed E-state index contributed by atoms with van der Waals surface area (Å²) in [6, 6.07) is 4.34.